The number of fused-ring (bicyclic) bond motifs is 1. The van der Waals surface area contributed by atoms with Crippen LogP contribution >= 0.6 is 23.1 Å². The van der Waals surface area contributed by atoms with Crippen LogP contribution in [-0.4, -0.2) is 25.4 Å². The minimum atomic E-state index is -1.64. The van der Waals surface area contributed by atoms with Gasteiger partial charge in [0.2, 0.25) is 0 Å². The van der Waals surface area contributed by atoms with Gasteiger partial charge in [0.05, 0.1) is 30.1 Å². The Balaban J connectivity index is 1.86. The molecule has 0 spiro atoms. The topological polar surface area (TPSA) is 60.5 Å². The number of rotatable bonds is 6. The highest BCUT2D eigenvalue weighted by Crippen LogP contribution is 2.39. The van der Waals surface area contributed by atoms with Crippen molar-refractivity contribution in [2.45, 2.75) is 10.1 Å². The molecule has 1 amide bonds. The molecule has 0 bridgehead atoms. The quantitative estimate of drug-likeness (QED) is 0.367. The molecule has 0 aliphatic rings. The van der Waals surface area contributed by atoms with Crippen LogP contribution in [0.4, 0.5) is 14.9 Å². The van der Waals surface area contributed by atoms with E-state index in [-0.39, 0.29) is 5.69 Å². The molecule has 1 N–H and O–H groups in total. The summed E-state index contributed by atoms with van der Waals surface area (Å²) in [5.74, 6) is 1.59. The standard InChI is InChI=1S/C17H15FN2O3S2/c1-22-13-7-10(19-16(18)21)8-14(23-2)11(13)9-24-17-20-12-5-3-4-6-15(12)25-17/h3-8H,9H2,1-2H3,(H,19,21). The zero-order valence-corrected chi connectivity index (χ0v) is 15.2. The molecule has 0 saturated heterocycles. The SMILES string of the molecule is COc1cc(NC(=O)F)cc(OC)c1CSc1nc2ccccc2s1. The zero-order chi connectivity index (χ0) is 17.8. The Hall–Kier alpha value is -2.32. The fraction of sp³-hybridized carbons (Fsp3) is 0.176. The number of hydrogen-bond donors (Lipinski definition) is 1. The number of methoxy groups -OCH3 is 2. The van der Waals surface area contributed by atoms with Crippen molar-refractivity contribution in [3.63, 3.8) is 0 Å². The first-order chi connectivity index (χ1) is 12.1. The number of thioether (sulfide) groups is 1. The number of carbonyl (C=O) groups is 1. The highest BCUT2D eigenvalue weighted by Gasteiger charge is 2.15. The van der Waals surface area contributed by atoms with Gasteiger partial charge in [-0.2, -0.15) is 0 Å². The van der Waals surface area contributed by atoms with E-state index in [9.17, 15) is 9.18 Å². The number of amides is 1. The van der Waals surface area contributed by atoms with Crippen LogP contribution in [0.5, 0.6) is 11.5 Å². The molecule has 3 rings (SSSR count). The minimum absolute atomic E-state index is 0.273. The molecule has 0 atom stereocenters. The lowest BCUT2D eigenvalue weighted by atomic mass is 10.1. The third-order valence-electron chi connectivity index (χ3n) is 3.46. The summed E-state index contributed by atoms with van der Waals surface area (Å²) in [7, 11) is 3.03. The number of nitrogens with one attached hydrogen (secondary N) is 1. The van der Waals surface area contributed by atoms with E-state index in [4.69, 9.17) is 9.47 Å². The van der Waals surface area contributed by atoms with Gasteiger partial charge in [0, 0.05) is 23.4 Å². The van der Waals surface area contributed by atoms with Crippen molar-refractivity contribution in [2.75, 3.05) is 19.5 Å². The van der Waals surface area contributed by atoms with E-state index in [2.05, 4.69) is 10.3 Å². The number of para-hydroxylation sites is 1. The predicted octanol–water partition coefficient (Wildman–Crippen LogP) is 5.11. The predicted molar refractivity (Wildman–Crippen MR) is 98.9 cm³/mol. The van der Waals surface area contributed by atoms with Crippen LogP contribution in [0.3, 0.4) is 0 Å². The van der Waals surface area contributed by atoms with Gasteiger partial charge >= 0.3 is 6.16 Å². The summed E-state index contributed by atoms with van der Waals surface area (Å²) >= 11 is 3.18. The molecule has 130 valence electrons. The normalized spacial score (nSPS) is 10.7. The second kappa shape index (κ2) is 7.71. The Labute approximate surface area is 152 Å². The number of nitrogens with zero attached hydrogens (tertiary/aromatic N) is 1. The van der Waals surface area contributed by atoms with Crippen molar-refractivity contribution in [2.24, 2.45) is 0 Å². The highest BCUT2D eigenvalue weighted by atomic mass is 32.2. The molecule has 0 aliphatic heterocycles. The number of ether oxygens (including phenoxy) is 2. The lowest BCUT2D eigenvalue weighted by Gasteiger charge is -2.14. The molecule has 8 heteroatoms. The van der Waals surface area contributed by atoms with E-state index in [1.54, 1.807) is 35.2 Å². The first kappa shape index (κ1) is 17.5. The van der Waals surface area contributed by atoms with E-state index in [0.717, 1.165) is 20.1 Å². The number of aromatic nitrogens is 1. The molecular weight excluding hydrogens is 363 g/mol. The largest absolute Gasteiger partial charge is 0.496 e. The number of anilines is 1. The second-order valence-electron chi connectivity index (χ2n) is 4.99. The Morgan fingerprint density at radius 2 is 1.92 bits per heavy atom. The molecule has 5 nitrogen and oxygen atoms in total. The van der Waals surface area contributed by atoms with Gasteiger partial charge in [-0.15, -0.1) is 15.7 Å². The number of halogens is 1. The maximum atomic E-state index is 12.6. The van der Waals surface area contributed by atoms with Crippen LogP contribution in [0.2, 0.25) is 0 Å². The molecule has 0 radical (unpaired) electrons. The number of hydrogen-bond acceptors (Lipinski definition) is 6. The van der Waals surface area contributed by atoms with Crippen molar-refractivity contribution in [1.29, 1.82) is 0 Å². The average Bonchev–Trinajstić information content (AvgIpc) is 3.02. The molecule has 1 aromatic heterocycles. The van der Waals surface area contributed by atoms with Gasteiger partial charge in [0.25, 0.3) is 0 Å². The fourth-order valence-electron chi connectivity index (χ4n) is 2.36. The molecule has 3 aromatic rings. The van der Waals surface area contributed by atoms with Gasteiger partial charge in [-0.05, 0) is 12.1 Å². The Bertz CT molecular complexity index is 856. The maximum Gasteiger partial charge on any atom is 0.401 e. The van der Waals surface area contributed by atoms with Crippen LogP contribution < -0.4 is 14.8 Å². The van der Waals surface area contributed by atoms with Crippen molar-refractivity contribution in [1.82, 2.24) is 4.98 Å². The zero-order valence-electron chi connectivity index (χ0n) is 13.5. The monoisotopic (exact) mass is 378 g/mol. The van der Waals surface area contributed by atoms with Crippen LogP contribution in [0, 0.1) is 0 Å². The van der Waals surface area contributed by atoms with Gasteiger partial charge in [0.15, 0.2) is 4.34 Å². The summed E-state index contributed by atoms with van der Waals surface area (Å²) < 4.78 is 25.4. The summed E-state index contributed by atoms with van der Waals surface area (Å²) in [5.41, 5.74) is 2.05. The van der Waals surface area contributed by atoms with Gasteiger partial charge < -0.3 is 9.47 Å². The van der Waals surface area contributed by atoms with E-state index >= 15 is 0 Å². The maximum absolute atomic E-state index is 12.6. The molecule has 25 heavy (non-hydrogen) atoms. The first-order valence-corrected chi connectivity index (χ1v) is 9.10. The Kier molecular flexibility index (Phi) is 5.40. The number of carbonyl (C=O) groups excluding carboxylic acids is 1. The van der Waals surface area contributed by atoms with Crippen LogP contribution in [-0.2, 0) is 5.75 Å². The van der Waals surface area contributed by atoms with Crippen molar-refractivity contribution < 1.29 is 18.7 Å². The van der Waals surface area contributed by atoms with Gasteiger partial charge in [-0.1, -0.05) is 23.9 Å². The second-order valence-corrected chi connectivity index (χ2v) is 7.25. The third-order valence-corrected chi connectivity index (χ3v) is 5.67. The van der Waals surface area contributed by atoms with Gasteiger partial charge in [0.1, 0.15) is 11.5 Å². The summed E-state index contributed by atoms with van der Waals surface area (Å²) in [4.78, 5) is 15.2. The Morgan fingerprint density at radius 3 is 2.52 bits per heavy atom. The van der Waals surface area contributed by atoms with E-state index in [0.29, 0.717) is 17.3 Å². The van der Waals surface area contributed by atoms with Crippen LogP contribution in [0.15, 0.2) is 40.7 Å². The van der Waals surface area contributed by atoms with Gasteiger partial charge in [-0.3, -0.25) is 5.32 Å². The van der Waals surface area contributed by atoms with E-state index in [1.165, 1.54) is 14.2 Å². The van der Waals surface area contributed by atoms with E-state index < -0.39 is 6.16 Å². The minimum Gasteiger partial charge on any atom is -0.496 e. The number of benzene rings is 2. The summed E-state index contributed by atoms with van der Waals surface area (Å²) in [6.45, 7) is 0. The smallest absolute Gasteiger partial charge is 0.401 e. The lowest BCUT2D eigenvalue weighted by molar-refractivity contribution is 0.235. The molecule has 2 aromatic carbocycles. The molecule has 0 fully saturated rings. The lowest BCUT2D eigenvalue weighted by Crippen LogP contribution is -2.04. The summed E-state index contributed by atoms with van der Waals surface area (Å²) in [5, 5.41) is 2.09. The molecule has 0 aliphatic carbocycles. The summed E-state index contributed by atoms with van der Waals surface area (Å²) in [6.07, 6.45) is -1.64. The third kappa shape index (κ3) is 4.02. The fourth-order valence-corrected chi connectivity index (χ4v) is 4.45. The van der Waals surface area contributed by atoms with Crippen molar-refractivity contribution in [3.8, 4) is 11.5 Å². The molecule has 0 unspecified atom stereocenters. The van der Waals surface area contributed by atoms with Crippen molar-refractivity contribution >= 4 is 45.2 Å². The van der Waals surface area contributed by atoms with Crippen molar-refractivity contribution in [3.05, 3.63) is 42.0 Å². The molecule has 1 heterocycles. The first-order valence-electron chi connectivity index (χ1n) is 7.30. The van der Waals surface area contributed by atoms with Crippen LogP contribution in [0.25, 0.3) is 10.2 Å². The highest BCUT2D eigenvalue weighted by molar-refractivity contribution is 8.00. The van der Waals surface area contributed by atoms with Gasteiger partial charge in [-0.25, -0.2) is 9.78 Å². The average molecular weight is 378 g/mol. The Morgan fingerprint density at radius 1 is 1.24 bits per heavy atom. The summed E-state index contributed by atoms with van der Waals surface area (Å²) in [6, 6.07) is 11.1. The molecule has 0 saturated carbocycles. The van der Waals surface area contributed by atoms with Crippen LogP contribution in [0.1, 0.15) is 5.56 Å². The van der Waals surface area contributed by atoms with E-state index in [1.807, 2.05) is 24.3 Å². The number of thiazole rings is 1. The molecular formula is C17H15FN2O3S2.